The number of hydrogen-bond donors (Lipinski definition) is 4. The van der Waals surface area contributed by atoms with Gasteiger partial charge in [-0.25, -0.2) is 30.1 Å². The lowest BCUT2D eigenvalue weighted by molar-refractivity contribution is 0.230. The largest absolute Gasteiger partial charge is 0.348 e. The van der Waals surface area contributed by atoms with Gasteiger partial charge in [-0.1, -0.05) is 54.6 Å². The molecule has 0 spiro atoms. The van der Waals surface area contributed by atoms with E-state index in [2.05, 4.69) is 21.5 Å². The second kappa shape index (κ2) is 9.56. The monoisotopic (exact) mass is 389 g/mol. The number of hydrogen-bond acceptors (Lipinski definition) is 3. The smallest absolute Gasteiger partial charge is 0.307 e. The van der Waals surface area contributed by atoms with Gasteiger partial charge >= 0.3 is 18.1 Å². The third-order valence-electron chi connectivity index (χ3n) is 3.76. The van der Waals surface area contributed by atoms with Crippen molar-refractivity contribution in [3.63, 3.8) is 0 Å². The number of benzene rings is 3. The van der Waals surface area contributed by atoms with Gasteiger partial charge in [0.25, 0.3) is 0 Å². The number of urea groups is 3. The van der Waals surface area contributed by atoms with E-state index < -0.39 is 18.1 Å². The maximum absolute atomic E-state index is 12.7. The van der Waals surface area contributed by atoms with Gasteiger partial charge in [0.15, 0.2) is 0 Å². The number of nitrogens with zero attached hydrogens (tertiary/aromatic N) is 1. The molecule has 0 aromatic heterocycles. The van der Waals surface area contributed by atoms with Gasteiger partial charge in [0, 0.05) is 11.4 Å². The Bertz CT molecular complexity index is 965. The van der Waals surface area contributed by atoms with E-state index in [4.69, 9.17) is 0 Å². The van der Waals surface area contributed by atoms with Gasteiger partial charge in [0.2, 0.25) is 0 Å². The predicted molar refractivity (Wildman–Crippen MR) is 112 cm³/mol. The average Bonchev–Trinajstić information content (AvgIpc) is 2.75. The van der Waals surface area contributed by atoms with Crippen molar-refractivity contribution in [3.8, 4) is 0 Å². The summed E-state index contributed by atoms with van der Waals surface area (Å²) in [7, 11) is 0. The molecule has 4 N–H and O–H groups in total. The summed E-state index contributed by atoms with van der Waals surface area (Å²) in [6, 6.07) is 23.7. The van der Waals surface area contributed by atoms with E-state index in [1.807, 2.05) is 12.1 Å². The molecule has 0 fully saturated rings. The fourth-order valence-electron chi connectivity index (χ4n) is 2.45. The van der Waals surface area contributed by atoms with E-state index in [-0.39, 0.29) is 0 Å². The van der Waals surface area contributed by atoms with Gasteiger partial charge in [-0.15, -0.1) is 0 Å². The van der Waals surface area contributed by atoms with E-state index in [0.717, 1.165) is 4.90 Å². The zero-order chi connectivity index (χ0) is 20.5. The molecule has 8 nitrogen and oxygen atoms in total. The first-order valence-electron chi connectivity index (χ1n) is 8.77. The van der Waals surface area contributed by atoms with Crippen molar-refractivity contribution >= 4 is 35.2 Å². The highest BCUT2D eigenvalue weighted by Crippen LogP contribution is 2.16. The Morgan fingerprint density at radius 2 is 1.03 bits per heavy atom. The van der Waals surface area contributed by atoms with Crippen molar-refractivity contribution in [2.45, 2.75) is 0 Å². The summed E-state index contributed by atoms with van der Waals surface area (Å²) in [5.41, 5.74) is 5.88. The molecule has 3 rings (SSSR count). The maximum Gasteiger partial charge on any atom is 0.348 e. The fraction of sp³-hybridized carbons (Fsp3) is 0. The molecule has 0 aliphatic heterocycles. The van der Waals surface area contributed by atoms with E-state index in [1.165, 1.54) is 0 Å². The van der Waals surface area contributed by atoms with Gasteiger partial charge in [0.05, 0.1) is 5.69 Å². The molecule has 0 atom stereocenters. The lowest BCUT2D eigenvalue weighted by Crippen LogP contribution is -2.53. The molecule has 0 radical (unpaired) electrons. The number of amides is 6. The third kappa shape index (κ3) is 5.57. The molecule has 0 aliphatic rings. The maximum atomic E-state index is 12.7. The normalized spacial score (nSPS) is 9.79. The second-order valence-corrected chi connectivity index (χ2v) is 5.84. The van der Waals surface area contributed by atoms with Crippen LogP contribution in [-0.4, -0.2) is 18.1 Å². The van der Waals surface area contributed by atoms with Gasteiger partial charge in [0.1, 0.15) is 0 Å². The number of anilines is 3. The molecule has 3 aromatic carbocycles. The van der Waals surface area contributed by atoms with Gasteiger partial charge in [-0.3, -0.25) is 0 Å². The molecule has 0 saturated carbocycles. The SMILES string of the molecule is O=C(NNC(=O)N(C(=O)Nc1ccccc1)c1ccccc1)Nc1ccccc1. The Morgan fingerprint density at radius 3 is 1.59 bits per heavy atom. The zero-order valence-corrected chi connectivity index (χ0v) is 15.3. The van der Waals surface area contributed by atoms with Crippen molar-refractivity contribution in [1.82, 2.24) is 10.9 Å². The first-order valence-corrected chi connectivity index (χ1v) is 8.77. The minimum Gasteiger partial charge on any atom is -0.307 e. The quantitative estimate of drug-likeness (QED) is 0.506. The molecule has 0 aliphatic carbocycles. The Labute approximate surface area is 167 Å². The highest BCUT2D eigenvalue weighted by molar-refractivity contribution is 6.18. The van der Waals surface area contributed by atoms with Crippen molar-refractivity contribution in [2.75, 3.05) is 15.5 Å². The Kier molecular flexibility index (Phi) is 6.41. The number of hydrazine groups is 1. The molecule has 0 unspecified atom stereocenters. The summed E-state index contributed by atoms with van der Waals surface area (Å²) in [6.45, 7) is 0. The van der Waals surface area contributed by atoms with Crippen LogP contribution in [0, 0.1) is 0 Å². The van der Waals surface area contributed by atoms with Crippen LogP contribution in [0.25, 0.3) is 0 Å². The summed E-state index contributed by atoms with van der Waals surface area (Å²) >= 11 is 0. The van der Waals surface area contributed by atoms with Crippen molar-refractivity contribution in [1.29, 1.82) is 0 Å². The number of carbonyl (C=O) groups is 3. The standard InChI is InChI=1S/C21H19N5O3/c27-19(22-16-10-4-1-5-11-16)24-25-21(29)26(18-14-8-3-9-15-18)20(28)23-17-12-6-2-7-13-17/h1-15H,(H,23,28)(H,25,29)(H2,22,24,27). The van der Waals surface area contributed by atoms with Crippen LogP contribution >= 0.6 is 0 Å². The van der Waals surface area contributed by atoms with Gasteiger partial charge < -0.3 is 10.6 Å². The fourth-order valence-corrected chi connectivity index (χ4v) is 2.45. The molecule has 0 bridgehead atoms. The van der Waals surface area contributed by atoms with Crippen LogP contribution in [0.2, 0.25) is 0 Å². The first kappa shape index (κ1) is 19.4. The van der Waals surface area contributed by atoms with Crippen LogP contribution in [0.4, 0.5) is 31.4 Å². The van der Waals surface area contributed by atoms with Gasteiger partial charge in [-0.05, 0) is 36.4 Å². The minimum atomic E-state index is -0.826. The lowest BCUT2D eigenvalue weighted by atomic mass is 10.3. The molecular formula is C21H19N5O3. The molecule has 3 aromatic rings. The number of carbonyl (C=O) groups excluding carboxylic acids is 3. The van der Waals surface area contributed by atoms with Crippen LogP contribution in [0.3, 0.4) is 0 Å². The van der Waals surface area contributed by atoms with E-state index in [1.54, 1.807) is 78.9 Å². The van der Waals surface area contributed by atoms with Gasteiger partial charge in [-0.2, -0.15) is 0 Å². The van der Waals surface area contributed by atoms with Crippen LogP contribution in [-0.2, 0) is 0 Å². The summed E-state index contributed by atoms with van der Waals surface area (Å²) in [6.07, 6.45) is 0. The summed E-state index contributed by atoms with van der Waals surface area (Å²) in [5, 5.41) is 5.21. The third-order valence-corrected chi connectivity index (χ3v) is 3.76. The van der Waals surface area contributed by atoms with Crippen LogP contribution in [0.1, 0.15) is 0 Å². The molecule has 0 saturated heterocycles. The number of rotatable bonds is 3. The number of imide groups is 1. The van der Waals surface area contributed by atoms with Crippen molar-refractivity contribution in [2.24, 2.45) is 0 Å². The molecule has 8 heteroatoms. The van der Waals surface area contributed by atoms with Crippen LogP contribution < -0.4 is 26.4 Å². The molecule has 6 amide bonds. The second-order valence-electron chi connectivity index (χ2n) is 5.84. The number of nitrogens with one attached hydrogen (secondary N) is 4. The van der Waals surface area contributed by atoms with Crippen molar-refractivity contribution in [3.05, 3.63) is 91.0 Å². The summed E-state index contributed by atoms with van der Waals surface area (Å²) in [4.78, 5) is 38.2. The molecule has 0 heterocycles. The highest BCUT2D eigenvalue weighted by atomic mass is 16.2. The van der Waals surface area contributed by atoms with Crippen LogP contribution in [0.5, 0.6) is 0 Å². The molecule has 146 valence electrons. The molecule has 29 heavy (non-hydrogen) atoms. The minimum absolute atomic E-state index is 0.337. The Balaban J connectivity index is 1.67. The van der Waals surface area contributed by atoms with E-state index in [0.29, 0.717) is 17.1 Å². The Morgan fingerprint density at radius 1 is 0.552 bits per heavy atom. The predicted octanol–water partition coefficient (Wildman–Crippen LogP) is 4.17. The van der Waals surface area contributed by atoms with E-state index >= 15 is 0 Å². The Hall–Kier alpha value is -4.33. The first-order chi connectivity index (χ1) is 14.1. The highest BCUT2D eigenvalue weighted by Gasteiger charge is 2.24. The number of para-hydroxylation sites is 3. The zero-order valence-electron chi connectivity index (χ0n) is 15.3. The molecular weight excluding hydrogens is 370 g/mol. The summed E-state index contributed by atoms with van der Waals surface area (Å²) in [5.74, 6) is 0. The topological polar surface area (TPSA) is 103 Å². The van der Waals surface area contributed by atoms with Crippen LogP contribution in [0.15, 0.2) is 91.0 Å². The van der Waals surface area contributed by atoms with E-state index in [9.17, 15) is 14.4 Å². The average molecular weight is 389 g/mol. The lowest BCUT2D eigenvalue weighted by Gasteiger charge is -2.22. The van der Waals surface area contributed by atoms with Crippen molar-refractivity contribution < 1.29 is 14.4 Å². The summed E-state index contributed by atoms with van der Waals surface area (Å²) < 4.78 is 0.